The molecule has 84 heavy (non-hydrogen) atoms. The van der Waals surface area contributed by atoms with Crippen molar-refractivity contribution >= 4 is 43.6 Å². The van der Waals surface area contributed by atoms with Crippen LogP contribution in [0.15, 0.2) is 121 Å². The minimum absolute atomic E-state index is 0. The van der Waals surface area contributed by atoms with Crippen molar-refractivity contribution in [2.75, 3.05) is 13.2 Å². The molecule has 10 rings (SSSR count). The molecule has 0 spiro atoms. The number of benzene rings is 8. The van der Waals surface area contributed by atoms with E-state index in [9.17, 15) is 10.2 Å². The Morgan fingerprint density at radius 2 is 0.702 bits per heavy atom. The minimum atomic E-state index is -0.417. The van der Waals surface area contributed by atoms with E-state index in [0.717, 1.165) is 89.8 Å². The zero-order chi connectivity index (χ0) is 58.4. The summed E-state index contributed by atoms with van der Waals surface area (Å²) in [5.74, 6) is 0.448. The van der Waals surface area contributed by atoms with E-state index in [1.807, 2.05) is 26.0 Å². The van der Waals surface area contributed by atoms with Gasteiger partial charge in [0.25, 0.3) is 11.5 Å². The number of aromatic hydroxyl groups is 4. The van der Waals surface area contributed by atoms with Crippen LogP contribution in [-0.2, 0) is 36.7 Å². The summed E-state index contributed by atoms with van der Waals surface area (Å²) in [7, 11) is 0. The van der Waals surface area contributed by atoms with Crippen LogP contribution in [0.25, 0.3) is 77.2 Å². The fraction of sp³-hybridized carbons (Fsp3) is 0.333. The number of aromatic nitrogens is 2. The maximum absolute atomic E-state index is 16.0. The summed E-state index contributed by atoms with van der Waals surface area (Å²) in [6.07, 6.45) is 2.23. The van der Waals surface area contributed by atoms with Crippen molar-refractivity contribution in [3.63, 3.8) is 0 Å². The second-order valence-corrected chi connectivity index (χ2v) is 27.1. The first-order valence-electron chi connectivity index (χ1n) is 28.7. The Kier molecular flexibility index (Phi) is 18.5. The van der Waals surface area contributed by atoms with Crippen LogP contribution in [0, 0.1) is 78.9 Å². The van der Waals surface area contributed by atoms with Crippen LogP contribution >= 0.6 is 0 Å². The van der Waals surface area contributed by atoms with E-state index < -0.39 is 11.6 Å². The summed E-state index contributed by atoms with van der Waals surface area (Å²) in [6, 6.07) is 40.2. The van der Waals surface area contributed by atoms with Gasteiger partial charge in [0, 0.05) is 69.6 Å². The van der Waals surface area contributed by atoms with Crippen molar-refractivity contribution in [1.82, 2.24) is 9.13 Å². The van der Waals surface area contributed by atoms with E-state index in [-0.39, 0.29) is 73.9 Å². The molecule has 0 saturated carbocycles. The number of aryl methyl sites for hydroxylation is 6. The number of phenolic OH excluding ortho intramolecular Hbond substituents is 2. The molecule has 0 fully saturated rings. The smallest absolute Gasteiger partial charge is 0.265 e. The zero-order valence-electron chi connectivity index (χ0n) is 53.0. The quantitative estimate of drug-likeness (QED) is 0.0493. The standard InChI is InChI=1S/C73H80F2N2O4.2CH3.Hf/c1-42-18-22-52-53-23-19-43(2)29-61(53)76(60(52)28-42)64-36-48(72(13,14)40-70(7,8)9)34-56(66(64)78)58-38-50(74)32-46(5)68(58)80-26-17-27-81-69-47(6)33-51(75)39-59(69)57-35-49(73(15,16)41-71(10,11)12)37-65(67(57)79)77-62-30-44(3)20-24-54(62)55-25-21-45(4)31-63(55)77;;;/h18-25,28-39,78-79H,17,26-27,40-41H2,1-16H3;2*1H3;/q;2*-1;/p+2. The van der Waals surface area contributed by atoms with Gasteiger partial charge in [0.1, 0.15) is 29.6 Å². The number of hydrogen-bond acceptors (Lipinski definition) is 2. The maximum Gasteiger partial charge on any atom is 0.265 e. The van der Waals surface area contributed by atoms with Gasteiger partial charge >= 0.3 is 0 Å². The summed E-state index contributed by atoms with van der Waals surface area (Å²) in [5, 5.41) is 30.1. The fourth-order valence-corrected chi connectivity index (χ4v) is 13.4. The molecular weight excluding hydrogens is 1210 g/mol. The molecular formula is C75H88F2HfN2O4. The van der Waals surface area contributed by atoms with E-state index >= 15 is 8.78 Å². The van der Waals surface area contributed by atoms with Crippen molar-refractivity contribution in [1.29, 1.82) is 0 Å². The van der Waals surface area contributed by atoms with Gasteiger partial charge in [-0.1, -0.05) is 118 Å². The second kappa shape index (κ2) is 24.0. The Balaban J connectivity index is 0.00000337. The Morgan fingerprint density at radius 1 is 0.405 bits per heavy atom. The van der Waals surface area contributed by atoms with Crippen LogP contribution < -0.4 is 0 Å². The van der Waals surface area contributed by atoms with Crippen LogP contribution in [-0.4, -0.2) is 42.0 Å². The van der Waals surface area contributed by atoms with Gasteiger partial charge in [-0.15, -0.1) is 0 Å². The topological polar surface area (TPSA) is 75.9 Å². The molecule has 0 radical (unpaired) electrons. The molecule has 2 heterocycles. The first kappa shape index (κ1) is 64.8. The Bertz CT molecular complexity index is 3740. The van der Waals surface area contributed by atoms with Gasteiger partial charge in [-0.2, -0.15) is 0 Å². The van der Waals surface area contributed by atoms with Gasteiger partial charge < -0.3 is 43.7 Å². The molecule has 0 bridgehead atoms. The Labute approximate surface area is 517 Å². The van der Waals surface area contributed by atoms with E-state index in [4.69, 9.17) is 9.47 Å². The molecule has 0 saturated heterocycles. The third-order valence-electron chi connectivity index (χ3n) is 16.3. The normalized spacial score (nSPS) is 12.2. The first-order valence-corrected chi connectivity index (χ1v) is 28.7. The summed E-state index contributed by atoms with van der Waals surface area (Å²) in [5.41, 5.74) is 14.2. The van der Waals surface area contributed by atoms with Crippen molar-refractivity contribution in [3.05, 3.63) is 192 Å². The number of halogens is 2. The predicted molar refractivity (Wildman–Crippen MR) is 349 cm³/mol. The van der Waals surface area contributed by atoms with Gasteiger partial charge in [0.2, 0.25) is 0 Å². The van der Waals surface area contributed by atoms with Crippen molar-refractivity contribution in [2.24, 2.45) is 10.8 Å². The summed E-state index contributed by atoms with van der Waals surface area (Å²) < 4.78 is 46.8. The maximum atomic E-state index is 16.0. The molecule has 0 amide bonds. The zero-order valence-corrected chi connectivity index (χ0v) is 56.6. The van der Waals surface area contributed by atoms with Crippen molar-refractivity contribution in [3.8, 4) is 56.6 Å². The third kappa shape index (κ3) is 12.6. The summed E-state index contributed by atoms with van der Waals surface area (Å²) in [6.45, 7) is 35.2. The van der Waals surface area contributed by atoms with Gasteiger partial charge in [0.05, 0.1) is 44.6 Å². The fourth-order valence-electron chi connectivity index (χ4n) is 13.4. The SMILES string of the molecule is Cc1ccc2c3ccc(C)cc3n(-c3cc(C(C)(C)CC(C)(C)C)cc(-c4cc(F)cc(C)c4[OH+]CCC[OH+]c4c(C)cc(F)cc4-c4cc(C(C)(C)CC(C)(C)C)cc(-n5c6cc(C)ccc6c6ccc(C)cc65)c4O)c3O)c2c1.[CH3-].[CH3-].[Hf]. The number of aliphatic hydroxyl groups is 2. The molecule has 8 aromatic carbocycles. The van der Waals surface area contributed by atoms with E-state index in [1.165, 1.54) is 24.3 Å². The molecule has 6 nitrogen and oxygen atoms in total. The summed E-state index contributed by atoms with van der Waals surface area (Å²) >= 11 is 0. The van der Waals surface area contributed by atoms with Crippen LogP contribution in [0.3, 0.4) is 0 Å². The number of phenols is 2. The molecule has 4 N–H and O–H groups in total. The minimum Gasteiger partial charge on any atom is -0.582 e. The van der Waals surface area contributed by atoms with Gasteiger partial charge in [-0.25, -0.2) is 8.78 Å². The molecule has 0 aliphatic carbocycles. The third-order valence-corrected chi connectivity index (χ3v) is 16.3. The van der Waals surface area contributed by atoms with Crippen LogP contribution in [0.4, 0.5) is 8.78 Å². The van der Waals surface area contributed by atoms with Crippen LogP contribution in [0.2, 0.25) is 0 Å². The van der Waals surface area contributed by atoms with E-state index in [2.05, 4.69) is 191 Å². The number of rotatable bonds is 14. The number of fused-ring (bicyclic) bond motifs is 6. The van der Waals surface area contributed by atoms with Gasteiger partial charge in [-0.05, 0) is 182 Å². The van der Waals surface area contributed by atoms with E-state index in [1.54, 1.807) is 0 Å². The van der Waals surface area contributed by atoms with Gasteiger partial charge in [0.15, 0.2) is 13.2 Å². The Morgan fingerprint density at radius 3 is 0.988 bits per heavy atom. The largest absolute Gasteiger partial charge is 0.582 e. The molecule has 2 aromatic heterocycles. The van der Waals surface area contributed by atoms with E-state index in [0.29, 0.717) is 75.9 Å². The monoisotopic (exact) mass is 1300 g/mol. The molecule has 0 aliphatic heterocycles. The van der Waals surface area contributed by atoms with Crippen LogP contribution in [0.5, 0.6) is 23.0 Å². The average Bonchev–Trinajstić information content (AvgIpc) is 1.72. The Hall–Kier alpha value is -6.71. The van der Waals surface area contributed by atoms with Crippen molar-refractivity contribution < 1.29 is 54.3 Å². The number of ether oxygens (including phenoxy) is 2. The molecule has 9 heteroatoms. The predicted octanol–water partition coefficient (Wildman–Crippen LogP) is 20.7. The molecule has 0 unspecified atom stereocenters. The number of nitrogens with zero attached hydrogens (tertiary/aromatic N) is 2. The second-order valence-electron chi connectivity index (χ2n) is 27.1. The van der Waals surface area contributed by atoms with Crippen molar-refractivity contribution in [2.45, 2.75) is 141 Å². The average molecular weight is 1300 g/mol. The molecule has 10 aromatic rings. The molecule has 0 aliphatic rings. The molecule has 0 atom stereocenters. The van der Waals surface area contributed by atoms with Crippen LogP contribution in [0.1, 0.15) is 133 Å². The molecule has 440 valence electrons. The number of hydrogen-bond donors (Lipinski definition) is 2. The van der Waals surface area contributed by atoms with Gasteiger partial charge in [-0.3, -0.25) is 0 Å². The summed E-state index contributed by atoms with van der Waals surface area (Å²) in [4.78, 5) is 0. The first-order chi connectivity index (χ1) is 38.0.